The molecule has 0 fully saturated rings. The Kier molecular flexibility index (Phi) is 5.96. The standard InChI is InChI=1S/C21H22O3/c1-15(2)12-13-24-20-10-8-18(9-11-20)16(3)14-17-4-6-19(7-5-17)21(22)23/h4-12,14H,13H2,1-3H3,(H,22,23). The first-order valence-electron chi connectivity index (χ1n) is 7.84. The molecule has 0 spiro atoms. The fourth-order valence-electron chi connectivity index (χ4n) is 2.17. The van der Waals surface area contributed by atoms with E-state index in [0.717, 1.165) is 22.4 Å². The number of rotatable bonds is 6. The van der Waals surface area contributed by atoms with Crippen LogP contribution < -0.4 is 4.74 Å². The Balaban J connectivity index is 2.07. The molecule has 0 heterocycles. The molecule has 0 aromatic heterocycles. The molecule has 3 heteroatoms. The van der Waals surface area contributed by atoms with E-state index in [1.807, 2.05) is 69.3 Å². The predicted molar refractivity (Wildman–Crippen MR) is 98.3 cm³/mol. The highest BCUT2D eigenvalue weighted by Crippen LogP contribution is 2.21. The van der Waals surface area contributed by atoms with E-state index in [9.17, 15) is 4.79 Å². The summed E-state index contributed by atoms with van der Waals surface area (Å²) in [6, 6.07) is 14.8. The molecule has 0 saturated heterocycles. The van der Waals surface area contributed by atoms with E-state index in [0.29, 0.717) is 12.2 Å². The van der Waals surface area contributed by atoms with Crippen LogP contribution in [0.15, 0.2) is 60.2 Å². The smallest absolute Gasteiger partial charge is 0.335 e. The van der Waals surface area contributed by atoms with E-state index < -0.39 is 5.97 Å². The molecular formula is C21H22O3. The molecule has 1 N–H and O–H groups in total. The minimum Gasteiger partial charge on any atom is -0.490 e. The fraction of sp³-hybridized carbons (Fsp3) is 0.190. The number of hydrogen-bond donors (Lipinski definition) is 1. The van der Waals surface area contributed by atoms with Crippen LogP contribution in [-0.4, -0.2) is 17.7 Å². The van der Waals surface area contributed by atoms with E-state index in [1.165, 1.54) is 5.57 Å². The van der Waals surface area contributed by atoms with Crippen molar-refractivity contribution in [1.82, 2.24) is 0 Å². The number of carboxylic acids is 1. The van der Waals surface area contributed by atoms with Gasteiger partial charge in [-0.3, -0.25) is 0 Å². The van der Waals surface area contributed by atoms with Gasteiger partial charge in [-0.2, -0.15) is 0 Å². The molecule has 0 aliphatic rings. The second kappa shape index (κ2) is 8.16. The minimum atomic E-state index is -0.911. The molecule has 2 aromatic carbocycles. The van der Waals surface area contributed by atoms with E-state index in [4.69, 9.17) is 9.84 Å². The van der Waals surface area contributed by atoms with Crippen LogP contribution in [0.4, 0.5) is 0 Å². The molecule has 0 radical (unpaired) electrons. The Hall–Kier alpha value is -2.81. The summed E-state index contributed by atoms with van der Waals surface area (Å²) in [5, 5.41) is 8.92. The van der Waals surface area contributed by atoms with Crippen molar-refractivity contribution < 1.29 is 14.6 Å². The lowest BCUT2D eigenvalue weighted by Crippen LogP contribution is -1.95. The third kappa shape index (κ3) is 5.13. The van der Waals surface area contributed by atoms with Crippen LogP contribution in [0.1, 0.15) is 42.3 Å². The molecule has 24 heavy (non-hydrogen) atoms. The van der Waals surface area contributed by atoms with E-state index >= 15 is 0 Å². The number of ether oxygens (including phenoxy) is 1. The average molecular weight is 322 g/mol. The predicted octanol–water partition coefficient (Wildman–Crippen LogP) is 5.29. The van der Waals surface area contributed by atoms with Gasteiger partial charge in [0.15, 0.2) is 0 Å². The summed E-state index contributed by atoms with van der Waals surface area (Å²) >= 11 is 0. The van der Waals surface area contributed by atoms with Crippen molar-refractivity contribution >= 4 is 17.6 Å². The van der Waals surface area contributed by atoms with Crippen LogP contribution in [0.25, 0.3) is 11.6 Å². The highest BCUT2D eigenvalue weighted by atomic mass is 16.5. The zero-order valence-corrected chi connectivity index (χ0v) is 14.2. The van der Waals surface area contributed by atoms with Crippen molar-refractivity contribution in [3.05, 3.63) is 76.9 Å². The third-order valence-electron chi connectivity index (χ3n) is 3.59. The molecule has 0 aliphatic heterocycles. The van der Waals surface area contributed by atoms with Crippen LogP contribution in [0.5, 0.6) is 5.75 Å². The van der Waals surface area contributed by atoms with Gasteiger partial charge in [-0.1, -0.05) is 35.9 Å². The molecule has 2 aromatic rings. The summed E-state index contributed by atoms with van der Waals surface area (Å²) in [5.41, 5.74) is 4.71. The van der Waals surface area contributed by atoms with Crippen molar-refractivity contribution in [2.45, 2.75) is 20.8 Å². The summed E-state index contributed by atoms with van der Waals surface area (Å²) in [6.07, 6.45) is 4.07. The van der Waals surface area contributed by atoms with E-state index in [2.05, 4.69) is 0 Å². The molecule has 0 amide bonds. The Labute approximate surface area is 142 Å². The highest BCUT2D eigenvalue weighted by molar-refractivity contribution is 5.88. The lowest BCUT2D eigenvalue weighted by atomic mass is 10.0. The van der Waals surface area contributed by atoms with Gasteiger partial charge in [-0.05, 0) is 67.8 Å². The molecule has 0 atom stereocenters. The summed E-state index contributed by atoms with van der Waals surface area (Å²) in [4.78, 5) is 10.9. The molecule has 0 aliphatic carbocycles. The largest absolute Gasteiger partial charge is 0.490 e. The first-order chi connectivity index (χ1) is 11.5. The van der Waals surface area contributed by atoms with E-state index in [-0.39, 0.29) is 0 Å². The molecular weight excluding hydrogens is 300 g/mol. The quantitative estimate of drug-likeness (QED) is 0.580. The van der Waals surface area contributed by atoms with Crippen LogP contribution in [0, 0.1) is 0 Å². The van der Waals surface area contributed by atoms with Gasteiger partial charge in [0.1, 0.15) is 12.4 Å². The molecule has 124 valence electrons. The zero-order chi connectivity index (χ0) is 17.5. The molecule has 0 bridgehead atoms. The van der Waals surface area contributed by atoms with Crippen LogP contribution in [0.3, 0.4) is 0 Å². The molecule has 0 unspecified atom stereocenters. The van der Waals surface area contributed by atoms with Gasteiger partial charge in [0.2, 0.25) is 0 Å². The summed E-state index contributed by atoms with van der Waals surface area (Å²) in [7, 11) is 0. The van der Waals surface area contributed by atoms with Crippen LogP contribution in [-0.2, 0) is 0 Å². The number of benzene rings is 2. The van der Waals surface area contributed by atoms with Gasteiger partial charge in [-0.15, -0.1) is 0 Å². The zero-order valence-electron chi connectivity index (χ0n) is 14.2. The molecule has 0 saturated carbocycles. The van der Waals surface area contributed by atoms with Gasteiger partial charge in [0, 0.05) is 0 Å². The van der Waals surface area contributed by atoms with Gasteiger partial charge in [0.25, 0.3) is 0 Å². The Bertz CT molecular complexity index is 747. The highest BCUT2D eigenvalue weighted by Gasteiger charge is 2.02. The lowest BCUT2D eigenvalue weighted by molar-refractivity contribution is 0.0697. The van der Waals surface area contributed by atoms with Crippen LogP contribution in [0.2, 0.25) is 0 Å². The van der Waals surface area contributed by atoms with Crippen LogP contribution >= 0.6 is 0 Å². The topological polar surface area (TPSA) is 46.5 Å². The number of allylic oxidation sites excluding steroid dienone is 2. The van der Waals surface area contributed by atoms with Crippen molar-refractivity contribution in [1.29, 1.82) is 0 Å². The van der Waals surface area contributed by atoms with Gasteiger partial charge >= 0.3 is 5.97 Å². The number of carboxylic acid groups (broad SMARTS) is 1. The van der Waals surface area contributed by atoms with Gasteiger partial charge in [-0.25, -0.2) is 4.79 Å². The summed E-state index contributed by atoms with van der Waals surface area (Å²) in [5.74, 6) is -0.0687. The summed E-state index contributed by atoms with van der Waals surface area (Å²) in [6.45, 7) is 6.70. The second-order valence-corrected chi connectivity index (χ2v) is 5.87. The van der Waals surface area contributed by atoms with Crippen molar-refractivity contribution in [3.8, 4) is 5.75 Å². The average Bonchev–Trinajstić information content (AvgIpc) is 2.55. The first kappa shape index (κ1) is 17.5. The van der Waals surface area contributed by atoms with E-state index in [1.54, 1.807) is 12.1 Å². The third-order valence-corrected chi connectivity index (χ3v) is 3.59. The maximum Gasteiger partial charge on any atom is 0.335 e. The number of hydrogen-bond acceptors (Lipinski definition) is 2. The summed E-state index contributed by atoms with van der Waals surface area (Å²) < 4.78 is 5.65. The SMILES string of the molecule is CC(C)=CCOc1ccc(C(C)=Cc2ccc(C(=O)O)cc2)cc1. The Morgan fingerprint density at radius 3 is 2.08 bits per heavy atom. The monoisotopic (exact) mass is 322 g/mol. The number of aromatic carboxylic acids is 1. The van der Waals surface area contributed by atoms with Gasteiger partial charge < -0.3 is 9.84 Å². The normalized spacial score (nSPS) is 11.0. The fourth-order valence-corrected chi connectivity index (χ4v) is 2.17. The Morgan fingerprint density at radius 1 is 0.958 bits per heavy atom. The lowest BCUT2D eigenvalue weighted by Gasteiger charge is -2.06. The Morgan fingerprint density at radius 2 is 1.54 bits per heavy atom. The first-order valence-corrected chi connectivity index (χ1v) is 7.84. The number of carbonyl (C=O) groups is 1. The molecule has 3 nitrogen and oxygen atoms in total. The van der Waals surface area contributed by atoms with Crippen molar-refractivity contribution in [2.75, 3.05) is 6.61 Å². The maximum atomic E-state index is 10.9. The van der Waals surface area contributed by atoms with Gasteiger partial charge in [0.05, 0.1) is 5.56 Å². The minimum absolute atomic E-state index is 0.294. The van der Waals surface area contributed by atoms with Crippen molar-refractivity contribution in [3.63, 3.8) is 0 Å². The second-order valence-electron chi connectivity index (χ2n) is 5.87. The van der Waals surface area contributed by atoms with Crippen molar-refractivity contribution in [2.24, 2.45) is 0 Å². The maximum absolute atomic E-state index is 10.9. The molecule has 2 rings (SSSR count).